The number of rotatable bonds is 5. The topological polar surface area (TPSA) is 48.0 Å². The Morgan fingerprint density at radius 2 is 1.84 bits per heavy atom. The third-order valence-electron chi connectivity index (χ3n) is 5.25. The van der Waals surface area contributed by atoms with E-state index in [1.54, 1.807) is 11.0 Å². The molecule has 2 aromatic rings. The zero-order valence-corrected chi connectivity index (χ0v) is 16.7. The molecule has 31 heavy (non-hydrogen) atoms. The molecular weight excluding hydrogens is 411 g/mol. The third kappa shape index (κ3) is 5.58. The lowest BCUT2D eigenvalue weighted by Crippen LogP contribution is -2.56. The minimum atomic E-state index is -4.72. The molecule has 8 heteroatoms. The number of benzene rings is 2. The predicted octanol–water partition coefficient (Wildman–Crippen LogP) is 4.86. The van der Waals surface area contributed by atoms with Gasteiger partial charge < -0.3 is 14.2 Å². The summed E-state index contributed by atoms with van der Waals surface area (Å²) in [6, 6.07) is 15.0. The van der Waals surface area contributed by atoms with Gasteiger partial charge in [0.2, 0.25) is 0 Å². The van der Waals surface area contributed by atoms with Gasteiger partial charge in [0.25, 0.3) is 0 Å². The van der Waals surface area contributed by atoms with E-state index in [4.69, 9.17) is 9.47 Å². The van der Waals surface area contributed by atoms with E-state index in [0.29, 0.717) is 31.6 Å². The average Bonchev–Trinajstić information content (AvgIpc) is 2.71. The Kier molecular flexibility index (Phi) is 6.18. The van der Waals surface area contributed by atoms with Gasteiger partial charge in [0.1, 0.15) is 12.4 Å². The van der Waals surface area contributed by atoms with Crippen LogP contribution in [0.15, 0.2) is 66.2 Å². The van der Waals surface area contributed by atoms with Crippen molar-refractivity contribution in [2.24, 2.45) is 0 Å². The number of hydrogen-bond acceptors (Lipinski definition) is 4. The van der Waals surface area contributed by atoms with Crippen molar-refractivity contribution in [1.82, 2.24) is 4.90 Å². The van der Waals surface area contributed by atoms with Gasteiger partial charge in [-0.2, -0.15) is 0 Å². The van der Waals surface area contributed by atoms with E-state index in [0.717, 1.165) is 11.1 Å². The molecule has 0 radical (unpaired) electrons. The lowest BCUT2D eigenvalue weighted by molar-refractivity contribution is -0.274. The van der Waals surface area contributed by atoms with Crippen LogP contribution in [0.25, 0.3) is 0 Å². The van der Waals surface area contributed by atoms with Crippen molar-refractivity contribution in [3.05, 3.63) is 77.4 Å². The van der Waals surface area contributed by atoms with E-state index in [9.17, 15) is 18.0 Å². The minimum absolute atomic E-state index is 0.170. The van der Waals surface area contributed by atoms with E-state index in [1.165, 1.54) is 18.2 Å². The molecule has 1 fully saturated rings. The van der Waals surface area contributed by atoms with E-state index in [2.05, 4.69) is 4.74 Å². The predicted molar refractivity (Wildman–Crippen MR) is 106 cm³/mol. The van der Waals surface area contributed by atoms with Gasteiger partial charge in [-0.1, -0.05) is 54.1 Å². The molecular formula is C23H22F3NO4. The van der Waals surface area contributed by atoms with E-state index >= 15 is 0 Å². The van der Waals surface area contributed by atoms with Gasteiger partial charge in [-0.3, -0.25) is 4.90 Å². The van der Waals surface area contributed by atoms with Crippen molar-refractivity contribution >= 4 is 6.09 Å². The van der Waals surface area contributed by atoms with Crippen molar-refractivity contribution in [3.8, 4) is 5.75 Å². The van der Waals surface area contributed by atoms with Crippen LogP contribution in [0.5, 0.6) is 5.75 Å². The Bertz CT molecular complexity index is 945. The summed E-state index contributed by atoms with van der Waals surface area (Å²) < 4.78 is 52.6. The maximum atomic E-state index is 12.7. The second-order valence-electron chi connectivity index (χ2n) is 7.61. The lowest BCUT2D eigenvalue weighted by Gasteiger charge is -2.43. The monoisotopic (exact) mass is 433 g/mol. The smallest absolute Gasteiger partial charge is 0.445 e. The number of alkyl halides is 3. The maximum Gasteiger partial charge on any atom is 0.573 e. The van der Waals surface area contributed by atoms with Crippen LogP contribution in [0.4, 0.5) is 18.0 Å². The van der Waals surface area contributed by atoms with Crippen LogP contribution in [0, 0.1) is 0 Å². The average molecular weight is 433 g/mol. The van der Waals surface area contributed by atoms with Crippen LogP contribution >= 0.6 is 0 Å². The number of hydrogen-bond donors (Lipinski definition) is 0. The zero-order chi connectivity index (χ0) is 21.8. The van der Waals surface area contributed by atoms with Crippen LogP contribution in [0.2, 0.25) is 0 Å². The molecule has 2 bridgehead atoms. The van der Waals surface area contributed by atoms with E-state index in [-0.39, 0.29) is 24.4 Å². The summed E-state index contributed by atoms with van der Waals surface area (Å²) in [5, 5.41) is 0. The maximum absolute atomic E-state index is 12.7. The molecule has 2 aliphatic rings. The summed E-state index contributed by atoms with van der Waals surface area (Å²) in [6.07, 6.45) is -2.11. The highest BCUT2D eigenvalue weighted by molar-refractivity contribution is 5.69. The Hall–Kier alpha value is -3.00. The van der Waals surface area contributed by atoms with Gasteiger partial charge in [-0.15, -0.1) is 13.2 Å². The van der Waals surface area contributed by atoms with Gasteiger partial charge in [0, 0.05) is 0 Å². The largest absolute Gasteiger partial charge is 0.573 e. The van der Waals surface area contributed by atoms with E-state index in [1.807, 2.05) is 36.4 Å². The number of amides is 1. The van der Waals surface area contributed by atoms with Gasteiger partial charge >= 0.3 is 12.5 Å². The van der Waals surface area contributed by atoms with Crippen LogP contribution < -0.4 is 4.74 Å². The van der Waals surface area contributed by atoms with Gasteiger partial charge in [0.15, 0.2) is 0 Å². The Morgan fingerprint density at radius 1 is 1.06 bits per heavy atom. The Morgan fingerprint density at radius 3 is 2.58 bits per heavy atom. The van der Waals surface area contributed by atoms with Crippen LogP contribution in [0.3, 0.4) is 0 Å². The number of halogens is 3. The quantitative estimate of drug-likeness (QED) is 0.632. The fourth-order valence-corrected chi connectivity index (χ4v) is 4.01. The third-order valence-corrected chi connectivity index (χ3v) is 5.25. The highest BCUT2D eigenvalue weighted by atomic mass is 19.4. The van der Waals surface area contributed by atoms with Crippen molar-refractivity contribution < 1.29 is 32.2 Å². The van der Waals surface area contributed by atoms with Gasteiger partial charge in [-0.05, 0) is 36.1 Å². The van der Waals surface area contributed by atoms with Crippen LogP contribution in [0.1, 0.15) is 17.5 Å². The molecule has 0 saturated carbocycles. The summed E-state index contributed by atoms with van der Waals surface area (Å²) in [7, 11) is 0. The highest BCUT2D eigenvalue weighted by Crippen LogP contribution is 2.31. The molecule has 1 saturated heterocycles. The molecule has 5 nitrogen and oxygen atoms in total. The number of morpholine rings is 1. The number of nitrogens with zero attached hydrogens (tertiary/aromatic N) is 1. The summed E-state index contributed by atoms with van der Waals surface area (Å²) in [4.78, 5) is 14.4. The second kappa shape index (κ2) is 9.01. The molecule has 2 aliphatic heterocycles. The Balaban J connectivity index is 1.42. The number of carbonyl (C=O) groups is 1. The number of carbonyl (C=O) groups excluding carboxylic acids is 1. The summed E-state index contributed by atoms with van der Waals surface area (Å²) >= 11 is 0. The van der Waals surface area contributed by atoms with Crippen LogP contribution in [-0.2, 0) is 22.5 Å². The SMILES string of the molecule is O=C(OCc1ccccc1)N1C2C=C(Cc3cccc(OC(F)(F)F)c3)CC1COC2. The first-order chi connectivity index (χ1) is 14.9. The lowest BCUT2D eigenvalue weighted by atomic mass is 9.90. The molecule has 2 heterocycles. The summed E-state index contributed by atoms with van der Waals surface area (Å²) in [5.74, 6) is -0.240. The van der Waals surface area contributed by atoms with Gasteiger partial charge in [0.05, 0.1) is 25.3 Å². The minimum Gasteiger partial charge on any atom is -0.445 e. The van der Waals surface area contributed by atoms with Gasteiger partial charge in [-0.25, -0.2) is 4.79 Å². The van der Waals surface area contributed by atoms with E-state index < -0.39 is 12.5 Å². The standard InChI is InChI=1S/C23H22F3NO4/c24-23(25,26)31-21-8-4-7-17(12-21)9-18-10-19-14-29-15-20(11-18)27(19)22(28)30-13-16-5-2-1-3-6-16/h1-8,10,12,19-20H,9,11,13-15H2. The highest BCUT2D eigenvalue weighted by Gasteiger charge is 2.38. The first kappa shape index (κ1) is 21.2. The molecule has 0 aromatic heterocycles. The molecule has 2 unspecified atom stereocenters. The molecule has 4 rings (SSSR count). The molecule has 0 aliphatic carbocycles. The molecule has 164 valence electrons. The first-order valence-corrected chi connectivity index (χ1v) is 9.98. The molecule has 1 amide bonds. The van der Waals surface area contributed by atoms with Crippen molar-refractivity contribution in [2.45, 2.75) is 37.9 Å². The summed E-state index contributed by atoms with van der Waals surface area (Å²) in [5.41, 5.74) is 2.67. The normalized spacial score (nSPS) is 20.7. The van der Waals surface area contributed by atoms with Crippen molar-refractivity contribution in [2.75, 3.05) is 13.2 Å². The fourth-order valence-electron chi connectivity index (χ4n) is 4.01. The second-order valence-corrected chi connectivity index (χ2v) is 7.61. The number of fused-ring (bicyclic) bond motifs is 2. The van der Waals surface area contributed by atoms with Crippen molar-refractivity contribution in [1.29, 1.82) is 0 Å². The van der Waals surface area contributed by atoms with Crippen molar-refractivity contribution in [3.63, 3.8) is 0 Å². The van der Waals surface area contributed by atoms with Crippen LogP contribution in [-0.4, -0.2) is 42.7 Å². The molecule has 2 aromatic carbocycles. The molecule has 0 N–H and O–H groups in total. The molecule has 0 spiro atoms. The first-order valence-electron chi connectivity index (χ1n) is 9.98. The Labute approximate surface area is 178 Å². The number of ether oxygens (including phenoxy) is 3. The summed E-state index contributed by atoms with van der Waals surface area (Å²) in [6.45, 7) is 0.947. The fraction of sp³-hybridized carbons (Fsp3) is 0.348. The zero-order valence-electron chi connectivity index (χ0n) is 16.7. The molecule has 2 atom stereocenters.